The van der Waals surface area contributed by atoms with Crippen LogP contribution in [-0.2, 0) is 10.0 Å². The van der Waals surface area contributed by atoms with Crippen LogP contribution in [0.25, 0.3) is 0 Å². The predicted octanol–water partition coefficient (Wildman–Crippen LogP) is -0.884. The van der Waals surface area contributed by atoms with Crippen LogP contribution in [0.15, 0.2) is 12.4 Å². The van der Waals surface area contributed by atoms with E-state index in [1.165, 1.54) is 12.4 Å². The Bertz CT molecular complexity index is 570. The van der Waals surface area contributed by atoms with Crippen molar-refractivity contribution >= 4 is 21.7 Å². The Balaban J connectivity index is 2.64. The Labute approximate surface area is 111 Å². The van der Waals surface area contributed by atoms with Crippen LogP contribution in [0.4, 0.5) is 5.82 Å². The molecule has 0 aliphatic rings. The summed E-state index contributed by atoms with van der Waals surface area (Å²) in [5.74, 6) is -0.329. The number of rotatable bonds is 5. The van der Waals surface area contributed by atoms with Crippen LogP contribution in [0.5, 0.6) is 0 Å². The zero-order valence-electron chi connectivity index (χ0n) is 11.0. The van der Waals surface area contributed by atoms with Crippen molar-refractivity contribution in [1.82, 2.24) is 20.0 Å². The second kappa shape index (κ2) is 5.49. The molecule has 4 N–H and O–H groups in total. The summed E-state index contributed by atoms with van der Waals surface area (Å²) in [6.45, 7) is 3.41. The standard InChI is InChI=1S/C10H17N5O3S/c1-10(2,15-19(3,17)18)6-13-9(16)7-4-12-5-8(11)14-7/h4-5,15H,6H2,1-3H3,(H2,11,14)(H,13,16). The van der Waals surface area contributed by atoms with E-state index in [0.717, 1.165) is 6.26 Å². The first-order valence-corrected chi connectivity index (χ1v) is 7.33. The van der Waals surface area contributed by atoms with Crippen LogP contribution in [0.3, 0.4) is 0 Å². The van der Waals surface area contributed by atoms with Crippen LogP contribution in [0.1, 0.15) is 24.3 Å². The number of amides is 1. The van der Waals surface area contributed by atoms with Gasteiger partial charge < -0.3 is 11.1 Å². The topological polar surface area (TPSA) is 127 Å². The summed E-state index contributed by atoms with van der Waals surface area (Å²) in [4.78, 5) is 19.3. The third-order valence-electron chi connectivity index (χ3n) is 2.04. The number of aromatic nitrogens is 2. The smallest absolute Gasteiger partial charge is 0.271 e. The van der Waals surface area contributed by atoms with E-state index < -0.39 is 21.5 Å². The number of hydrogen-bond acceptors (Lipinski definition) is 6. The average molecular weight is 287 g/mol. The predicted molar refractivity (Wildman–Crippen MR) is 70.8 cm³/mol. The van der Waals surface area contributed by atoms with Gasteiger partial charge in [-0.25, -0.2) is 18.1 Å². The van der Waals surface area contributed by atoms with Crippen molar-refractivity contribution in [2.24, 2.45) is 0 Å². The summed E-state index contributed by atoms with van der Waals surface area (Å²) >= 11 is 0. The van der Waals surface area contributed by atoms with E-state index in [1.54, 1.807) is 13.8 Å². The highest BCUT2D eigenvalue weighted by Gasteiger charge is 2.23. The summed E-state index contributed by atoms with van der Waals surface area (Å²) in [5, 5.41) is 2.57. The maximum Gasteiger partial charge on any atom is 0.271 e. The molecule has 19 heavy (non-hydrogen) atoms. The first kappa shape index (κ1) is 15.3. The summed E-state index contributed by atoms with van der Waals surface area (Å²) in [6, 6.07) is 0. The lowest BCUT2D eigenvalue weighted by Crippen LogP contribution is -2.51. The van der Waals surface area contributed by atoms with Crippen LogP contribution in [0, 0.1) is 0 Å². The van der Waals surface area contributed by atoms with Gasteiger partial charge in [0.15, 0.2) is 0 Å². The van der Waals surface area contributed by atoms with Crippen molar-refractivity contribution in [3.63, 3.8) is 0 Å². The van der Waals surface area contributed by atoms with Gasteiger partial charge >= 0.3 is 0 Å². The lowest BCUT2D eigenvalue weighted by molar-refractivity contribution is 0.0939. The van der Waals surface area contributed by atoms with E-state index in [9.17, 15) is 13.2 Å². The van der Waals surface area contributed by atoms with E-state index in [0.29, 0.717) is 0 Å². The highest BCUT2D eigenvalue weighted by Crippen LogP contribution is 2.03. The maximum atomic E-state index is 11.8. The molecule has 0 saturated heterocycles. The Morgan fingerprint density at radius 1 is 1.42 bits per heavy atom. The number of hydrogen-bond donors (Lipinski definition) is 3. The highest BCUT2D eigenvalue weighted by molar-refractivity contribution is 7.88. The van der Waals surface area contributed by atoms with Crippen LogP contribution in [-0.4, -0.2) is 42.6 Å². The molecular formula is C10H17N5O3S. The van der Waals surface area contributed by atoms with Gasteiger partial charge in [0, 0.05) is 12.1 Å². The zero-order chi connectivity index (χ0) is 14.7. The highest BCUT2D eigenvalue weighted by atomic mass is 32.2. The number of nitrogens with zero attached hydrogens (tertiary/aromatic N) is 2. The van der Waals surface area contributed by atoms with Gasteiger partial charge in [0.2, 0.25) is 10.0 Å². The van der Waals surface area contributed by atoms with Crippen molar-refractivity contribution in [3.8, 4) is 0 Å². The fourth-order valence-corrected chi connectivity index (χ4v) is 2.50. The lowest BCUT2D eigenvalue weighted by Gasteiger charge is -2.25. The molecule has 1 rings (SSSR count). The zero-order valence-corrected chi connectivity index (χ0v) is 11.8. The molecule has 9 heteroatoms. The monoisotopic (exact) mass is 287 g/mol. The average Bonchev–Trinajstić information content (AvgIpc) is 2.22. The number of nitrogens with one attached hydrogen (secondary N) is 2. The summed E-state index contributed by atoms with van der Waals surface area (Å²) in [6.07, 6.45) is 3.66. The second-order valence-corrected chi connectivity index (χ2v) is 6.52. The third kappa shape index (κ3) is 5.62. The van der Waals surface area contributed by atoms with Gasteiger partial charge in [0.1, 0.15) is 11.5 Å². The van der Waals surface area contributed by atoms with E-state index in [4.69, 9.17) is 5.73 Å². The fraction of sp³-hybridized carbons (Fsp3) is 0.500. The number of nitrogens with two attached hydrogens (primary N) is 1. The molecule has 0 saturated carbocycles. The van der Waals surface area contributed by atoms with Crippen LogP contribution >= 0.6 is 0 Å². The minimum absolute atomic E-state index is 0.0788. The van der Waals surface area contributed by atoms with Gasteiger partial charge in [0.25, 0.3) is 5.91 Å². The van der Waals surface area contributed by atoms with Crippen molar-refractivity contribution in [2.75, 3.05) is 18.5 Å². The summed E-state index contributed by atoms with van der Waals surface area (Å²) in [7, 11) is -3.35. The van der Waals surface area contributed by atoms with Crippen molar-refractivity contribution in [2.45, 2.75) is 19.4 Å². The van der Waals surface area contributed by atoms with Gasteiger partial charge in [-0.15, -0.1) is 0 Å². The van der Waals surface area contributed by atoms with E-state index in [1.807, 2.05) is 0 Å². The minimum atomic E-state index is -3.35. The molecule has 0 bridgehead atoms. The molecule has 1 amide bonds. The molecule has 0 aliphatic heterocycles. The van der Waals surface area contributed by atoms with E-state index in [-0.39, 0.29) is 18.1 Å². The molecule has 1 aromatic heterocycles. The van der Waals surface area contributed by atoms with E-state index >= 15 is 0 Å². The molecule has 0 unspecified atom stereocenters. The number of carbonyl (C=O) groups is 1. The van der Waals surface area contributed by atoms with Gasteiger partial charge in [-0.1, -0.05) is 0 Å². The molecule has 1 heterocycles. The van der Waals surface area contributed by atoms with Gasteiger partial charge in [-0.3, -0.25) is 9.78 Å². The molecule has 0 fully saturated rings. The summed E-state index contributed by atoms with van der Waals surface area (Å²) in [5.41, 5.74) is 4.69. The Kier molecular flexibility index (Phi) is 4.43. The molecule has 106 valence electrons. The Morgan fingerprint density at radius 2 is 2.05 bits per heavy atom. The second-order valence-electron chi connectivity index (χ2n) is 4.77. The molecular weight excluding hydrogens is 270 g/mol. The largest absolute Gasteiger partial charge is 0.382 e. The molecule has 1 aromatic rings. The number of carbonyl (C=O) groups excluding carboxylic acids is 1. The normalized spacial score (nSPS) is 12.2. The quantitative estimate of drug-likeness (QED) is 0.645. The first-order valence-electron chi connectivity index (χ1n) is 5.44. The SMILES string of the molecule is CC(C)(CNC(=O)c1cncc(N)n1)NS(C)(=O)=O. The first-order chi connectivity index (χ1) is 8.59. The lowest BCUT2D eigenvalue weighted by atomic mass is 10.1. The number of sulfonamides is 1. The molecule has 0 atom stereocenters. The van der Waals surface area contributed by atoms with Crippen LogP contribution < -0.4 is 15.8 Å². The molecule has 8 nitrogen and oxygen atoms in total. The van der Waals surface area contributed by atoms with Gasteiger partial charge in [-0.2, -0.15) is 0 Å². The van der Waals surface area contributed by atoms with Crippen LogP contribution in [0.2, 0.25) is 0 Å². The Morgan fingerprint density at radius 3 is 2.58 bits per heavy atom. The van der Waals surface area contributed by atoms with Gasteiger partial charge in [0.05, 0.1) is 18.6 Å². The summed E-state index contributed by atoms with van der Waals surface area (Å²) < 4.78 is 24.7. The van der Waals surface area contributed by atoms with Crippen molar-refractivity contribution in [1.29, 1.82) is 0 Å². The van der Waals surface area contributed by atoms with Gasteiger partial charge in [-0.05, 0) is 13.8 Å². The van der Waals surface area contributed by atoms with Crippen molar-refractivity contribution in [3.05, 3.63) is 18.1 Å². The van der Waals surface area contributed by atoms with Crippen molar-refractivity contribution < 1.29 is 13.2 Å². The maximum absolute atomic E-state index is 11.8. The Hall–Kier alpha value is -1.74. The number of nitrogen functional groups attached to an aromatic ring is 1. The molecule has 0 spiro atoms. The minimum Gasteiger partial charge on any atom is -0.382 e. The van der Waals surface area contributed by atoms with E-state index in [2.05, 4.69) is 20.0 Å². The number of anilines is 1. The molecule has 0 aromatic carbocycles. The fourth-order valence-electron chi connectivity index (χ4n) is 1.42. The molecule has 0 aliphatic carbocycles. The molecule has 0 radical (unpaired) electrons. The third-order valence-corrected chi connectivity index (χ3v) is 2.96.